The highest BCUT2D eigenvalue weighted by Gasteiger charge is 2.20. The summed E-state index contributed by atoms with van der Waals surface area (Å²) in [6.45, 7) is 6.54. The Bertz CT molecular complexity index is 992. The van der Waals surface area contributed by atoms with Crippen molar-refractivity contribution < 1.29 is 9.59 Å². The summed E-state index contributed by atoms with van der Waals surface area (Å²) in [6, 6.07) is 15.5. The third kappa shape index (κ3) is 4.77. The Kier molecular flexibility index (Phi) is 6.25. The lowest BCUT2D eigenvalue weighted by atomic mass is 10.1. The average Bonchev–Trinajstić information content (AvgIpc) is 3.17. The quantitative estimate of drug-likeness (QED) is 0.659. The second-order valence-corrected chi connectivity index (χ2v) is 8.27. The number of urea groups is 1. The van der Waals surface area contributed by atoms with Gasteiger partial charge in [0.2, 0.25) is 0 Å². The van der Waals surface area contributed by atoms with Crippen LogP contribution in [-0.4, -0.2) is 59.4 Å². The summed E-state index contributed by atoms with van der Waals surface area (Å²) in [6.07, 6.45) is 0. The predicted molar refractivity (Wildman–Crippen MR) is 120 cm³/mol. The number of carbonyl (C=O) groups excluding carboxylic acids is 2. The highest BCUT2D eigenvalue weighted by Crippen LogP contribution is 2.25. The SMILES string of the molecule is CCNC(=O)N1CCN(Cc2ccc(C(=O)Nc3nc4ccccc4s3)cc2)CC1. The molecular weight excluding hydrogens is 398 g/mol. The maximum Gasteiger partial charge on any atom is 0.317 e. The van der Waals surface area contributed by atoms with Gasteiger partial charge in [0.1, 0.15) is 0 Å². The van der Waals surface area contributed by atoms with Gasteiger partial charge in [-0.05, 0) is 36.8 Å². The number of hydrogen-bond donors (Lipinski definition) is 2. The van der Waals surface area contributed by atoms with Crippen molar-refractivity contribution in [2.45, 2.75) is 13.5 Å². The van der Waals surface area contributed by atoms with E-state index in [0.717, 1.165) is 48.5 Å². The zero-order valence-corrected chi connectivity index (χ0v) is 17.7. The minimum atomic E-state index is -0.156. The number of thiazole rings is 1. The van der Waals surface area contributed by atoms with E-state index in [-0.39, 0.29) is 11.9 Å². The molecule has 156 valence electrons. The van der Waals surface area contributed by atoms with Crippen LogP contribution in [0.1, 0.15) is 22.8 Å². The third-order valence-electron chi connectivity index (χ3n) is 5.12. The van der Waals surface area contributed by atoms with Gasteiger partial charge in [0.25, 0.3) is 5.91 Å². The number of anilines is 1. The Morgan fingerprint density at radius 2 is 1.77 bits per heavy atom. The third-order valence-corrected chi connectivity index (χ3v) is 6.08. The van der Waals surface area contributed by atoms with Gasteiger partial charge in [-0.1, -0.05) is 35.6 Å². The van der Waals surface area contributed by atoms with Gasteiger partial charge in [0, 0.05) is 44.8 Å². The molecule has 0 aliphatic carbocycles. The molecule has 1 aliphatic rings. The molecule has 7 nitrogen and oxygen atoms in total. The van der Waals surface area contributed by atoms with Gasteiger partial charge in [-0.3, -0.25) is 15.0 Å². The lowest BCUT2D eigenvalue weighted by Gasteiger charge is -2.34. The zero-order chi connectivity index (χ0) is 20.9. The van der Waals surface area contributed by atoms with Gasteiger partial charge in [0.15, 0.2) is 5.13 Å². The van der Waals surface area contributed by atoms with E-state index >= 15 is 0 Å². The molecule has 2 heterocycles. The van der Waals surface area contributed by atoms with Crippen molar-refractivity contribution in [3.63, 3.8) is 0 Å². The van der Waals surface area contributed by atoms with Crippen LogP contribution in [0.3, 0.4) is 0 Å². The van der Waals surface area contributed by atoms with Gasteiger partial charge in [-0.2, -0.15) is 0 Å². The molecule has 3 amide bonds. The molecule has 1 saturated heterocycles. The first kappa shape index (κ1) is 20.3. The van der Waals surface area contributed by atoms with E-state index in [1.807, 2.05) is 60.4 Å². The Labute approximate surface area is 179 Å². The van der Waals surface area contributed by atoms with Crippen molar-refractivity contribution in [2.24, 2.45) is 0 Å². The number of rotatable bonds is 5. The number of piperazine rings is 1. The number of benzene rings is 2. The van der Waals surface area contributed by atoms with Crippen molar-refractivity contribution in [3.8, 4) is 0 Å². The molecular formula is C22H25N5O2S. The van der Waals surface area contributed by atoms with Crippen molar-refractivity contribution in [2.75, 3.05) is 38.0 Å². The molecule has 0 saturated carbocycles. The first-order chi connectivity index (χ1) is 14.6. The molecule has 0 atom stereocenters. The van der Waals surface area contributed by atoms with Crippen LogP contribution in [-0.2, 0) is 6.54 Å². The molecule has 0 spiro atoms. The fourth-order valence-electron chi connectivity index (χ4n) is 3.49. The maximum absolute atomic E-state index is 12.5. The van der Waals surface area contributed by atoms with Crippen LogP contribution < -0.4 is 10.6 Å². The average molecular weight is 424 g/mol. The molecule has 1 aliphatic heterocycles. The Balaban J connectivity index is 1.30. The number of hydrogen-bond acceptors (Lipinski definition) is 5. The van der Waals surface area contributed by atoms with Crippen LogP contribution in [0.15, 0.2) is 48.5 Å². The number of nitrogens with one attached hydrogen (secondary N) is 2. The largest absolute Gasteiger partial charge is 0.338 e. The molecule has 1 aromatic heterocycles. The topological polar surface area (TPSA) is 77.6 Å². The van der Waals surface area contributed by atoms with Gasteiger partial charge >= 0.3 is 6.03 Å². The Morgan fingerprint density at radius 1 is 1.03 bits per heavy atom. The smallest absolute Gasteiger partial charge is 0.317 e. The number of nitrogens with zero attached hydrogens (tertiary/aromatic N) is 3. The fourth-order valence-corrected chi connectivity index (χ4v) is 4.35. The summed E-state index contributed by atoms with van der Waals surface area (Å²) >= 11 is 1.47. The summed E-state index contributed by atoms with van der Waals surface area (Å²) in [5.41, 5.74) is 2.65. The second kappa shape index (κ2) is 9.23. The number of aromatic nitrogens is 1. The lowest BCUT2D eigenvalue weighted by Crippen LogP contribution is -2.51. The molecule has 1 fully saturated rings. The van der Waals surface area contributed by atoms with E-state index < -0.39 is 0 Å². The molecule has 8 heteroatoms. The number of para-hydroxylation sites is 1. The van der Waals surface area contributed by atoms with Gasteiger partial charge in [-0.25, -0.2) is 9.78 Å². The number of amides is 3. The molecule has 0 radical (unpaired) electrons. The maximum atomic E-state index is 12.5. The monoisotopic (exact) mass is 423 g/mol. The number of fused-ring (bicyclic) bond motifs is 1. The van der Waals surface area contributed by atoms with Crippen LogP contribution >= 0.6 is 11.3 Å². The Hall–Kier alpha value is -2.97. The Morgan fingerprint density at radius 3 is 2.47 bits per heavy atom. The first-order valence-electron chi connectivity index (χ1n) is 10.1. The van der Waals surface area contributed by atoms with Crippen molar-refractivity contribution >= 4 is 38.6 Å². The summed E-state index contributed by atoms with van der Waals surface area (Å²) in [5.74, 6) is -0.156. The predicted octanol–water partition coefficient (Wildman–Crippen LogP) is 3.40. The van der Waals surface area contributed by atoms with Gasteiger partial charge in [0.05, 0.1) is 10.2 Å². The molecule has 2 aromatic carbocycles. The fraction of sp³-hybridized carbons (Fsp3) is 0.318. The highest BCUT2D eigenvalue weighted by atomic mass is 32.1. The number of carbonyl (C=O) groups is 2. The van der Waals surface area contributed by atoms with Crippen LogP contribution in [0, 0.1) is 0 Å². The zero-order valence-electron chi connectivity index (χ0n) is 16.9. The van der Waals surface area contributed by atoms with E-state index in [1.165, 1.54) is 11.3 Å². The first-order valence-corrected chi connectivity index (χ1v) is 10.9. The van der Waals surface area contributed by atoms with Gasteiger partial charge < -0.3 is 10.2 Å². The summed E-state index contributed by atoms with van der Waals surface area (Å²) in [7, 11) is 0. The highest BCUT2D eigenvalue weighted by molar-refractivity contribution is 7.22. The van der Waals surface area contributed by atoms with Gasteiger partial charge in [-0.15, -0.1) is 0 Å². The minimum absolute atomic E-state index is 0.0145. The van der Waals surface area contributed by atoms with E-state index in [9.17, 15) is 9.59 Å². The summed E-state index contributed by atoms with van der Waals surface area (Å²) < 4.78 is 1.05. The molecule has 2 N–H and O–H groups in total. The normalized spacial score (nSPS) is 14.6. The van der Waals surface area contributed by atoms with Crippen molar-refractivity contribution in [3.05, 3.63) is 59.7 Å². The van der Waals surface area contributed by atoms with E-state index in [2.05, 4.69) is 20.5 Å². The van der Waals surface area contributed by atoms with E-state index in [0.29, 0.717) is 17.2 Å². The lowest BCUT2D eigenvalue weighted by molar-refractivity contribution is 0.102. The molecule has 0 unspecified atom stereocenters. The van der Waals surface area contributed by atoms with Crippen LogP contribution in [0.4, 0.5) is 9.93 Å². The molecule has 4 rings (SSSR count). The molecule has 3 aromatic rings. The summed E-state index contributed by atoms with van der Waals surface area (Å²) in [4.78, 5) is 33.1. The molecule has 30 heavy (non-hydrogen) atoms. The van der Waals surface area contributed by atoms with Crippen molar-refractivity contribution in [1.29, 1.82) is 0 Å². The van der Waals surface area contributed by atoms with Crippen LogP contribution in [0.25, 0.3) is 10.2 Å². The minimum Gasteiger partial charge on any atom is -0.338 e. The van der Waals surface area contributed by atoms with E-state index in [1.54, 1.807) is 0 Å². The second-order valence-electron chi connectivity index (χ2n) is 7.24. The van der Waals surface area contributed by atoms with Crippen molar-refractivity contribution in [1.82, 2.24) is 20.1 Å². The standard InChI is InChI=1S/C22H25N5O2S/c1-2-23-22(29)27-13-11-26(12-14-27)15-16-7-9-17(10-8-16)20(28)25-21-24-18-5-3-4-6-19(18)30-21/h3-10H,2,11-15H2,1H3,(H,23,29)(H,24,25,28). The van der Waals surface area contributed by atoms with Crippen LogP contribution in [0.5, 0.6) is 0 Å². The molecule has 0 bridgehead atoms. The van der Waals surface area contributed by atoms with Crippen LogP contribution in [0.2, 0.25) is 0 Å². The summed E-state index contributed by atoms with van der Waals surface area (Å²) in [5, 5.41) is 6.34. The van der Waals surface area contributed by atoms with E-state index in [4.69, 9.17) is 0 Å².